The summed E-state index contributed by atoms with van der Waals surface area (Å²) in [6.45, 7) is 1.20. The lowest BCUT2D eigenvalue weighted by molar-refractivity contribution is -0.137. The predicted octanol–water partition coefficient (Wildman–Crippen LogP) is 2.10. The number of amides is 1. The quantitative estimate of drug-likeness (QED) is 0.702. The van der Waals surface area contributed by atoms with Gasteiger partial charge in [0.2, 0.25) is 5.91 Å². The van der Waals surface area contributed by atoms with Crippen LogP contribution in [0, 0.1) is 11.3 Å². The summed E-state index contributed by atoms with van der Waals surface area (Å²) >= 11 is 0. The molecule has 9 nitrogen and oxygen atoms in total. The molecule has 1 aromatic carbocycles. The second kappa shape index (κ2) is 9.95. The SMILES string of the molecule is N#Cc1c2n(c(=O)n(CC(=O)Nc3cc(C(F)(F)F)ccc3N3CCOCC3)c1=O)CCCCC2. The lowest BCUT2D eigenvalue weighted by Crippen LogP contribution is -2.45. The molecule has 3 heterocycles. The number of nitrogens with zero attached hydrogens (tertiary/aromatic N) is 4. The van der Waals surface area contributed by atoms with E-state index in [2.05, 4.69) is 5.32 Å². The Bertz CT molecular complexity index is 1290. The fourth-order valence-electron chi connectivity index (χ4n) is 4.45. The first kappa shape index (κ1) is 24.5. The van der Waals surface area contributed by atoms with E-state index in [0.29, 0.717) is 61.6 Å². The van der Waals surface area contributed by atoms with E-state index in [0.717, 1.165) is 25.0 Å². The third kappa shape index (κ3) is 5.09. The van der Waals surface area contributed by atoms with Crippen LogP contribution in [0.15, 0.2) is 27.8 Å². The number of carbonyl (C=O) groups excluding carboxylic acids is 1. The van der Waals surface area contributed by atoms with E-state index in [-0.39, 0.29) is 11.3 Å². The fraction of sp³-hybridized carbons (Fsp3) is 0.478. The molecule has 1 saturated heterocycles. The van der Waals surface area contributed by atoms with E-state index in [4.69, 9.17) is 4.74 Å². The molecule has 35 heavy (non-hydrogen) atoms. The van der Waals surface area contributed by atoms with Gasteiger partial charge in [0.05, 0.1) is 30.2 Å². The molecular weight excluding hydrogens is 467 g/mol. The topological polar surface area (TPSA) is 109 Å². The molecule has 1 N–H and O–H groups in total. The van der Waals surface area contributed by atoms with Gasteiger partial charge in [0, 0.05) is 25.3 Å². The first-order chi connectivity index (χ1) is 16.7. The number of fused-ring (bicyclic) bond motifs is 1. The Hall–Kier alpha value is -3.59. The first-order valence-corrected chi connectivity index (χ1v) is 11.3. The summed E-state index contributed by atoms with van der Waals surface area (Å²) in [5.41, 5.74) is -2.07. The number of aromatic nitrogens is 2. The standard InChI is InChI=1S/C23H24F3N5O4/c24-23(25,26)15-5-6-19(29-8-10-35-11-9-29)17(12-15)28-20(32)14-31-21(33)16(13-27)18-4-2-1-3-7-30(18)22(31)34/h5-6,12H,1-4,7-11,14H2,(H,28,32). The Kier molecular flexibility index (Phi) is 6.98. The maximum absolute atomic E-state index is 13.3. The summed E-state index contributed by atoms with van der Waals surface area (Å²) in [4.78, 5) is 40.6. The minimum absolute atomic E-state index is 0.0878. The lowest BCUT2D eigenvalue weighted by Gasteiger charge is -2.31. The molecule has 1 fully saturated rings. The normalized spacial score (nSPS) is 16.2. The molecule has 0 saturated carbocycles. The van der Waals surface area contributed by atoms with Crippen molar-refractivity contribution in [2.45, 2.75) is 44.9 Å². The van der Waals surface area contributed by atoms with E-state index in [9.17, 15) is 32.8 Å². The van der Waals surface area contributed by atoms with Crippen molar-refractivity contribution in [1.29, 1.82) is 5.26 Å². The molecule has 0 spiro atoms. The van der Waals surface area contributed by atoms with E-state index in [1.54, 1.807) is 4.90 Å². The number of nitrogens with one attached hydrogen (secondary N) is 1. The molecule has 0 atom stereocenters. The van der Waals surface area contributed by atoms with Crippen molar-refractivity contribution in [3.8, 4) is 6.07 Å². The highest BCUT2D eigenvalue weighted by Crippen LogP contribution is 2.35. The van der Waals surface area contributed by atoms with Crippen LogP contribution in [0.2, 0.25) is 0 Å². The van der Waals surface area contributed by atoms with Crippen molar-refractivity contribution >= 4 is 17.3 Å². The second-order valence-corrected chi connectivity index (χ2v) is 8.45. The maximum atomic E-state index is 13.3. The van der Waals surface area contributed by atoms with Crippen molar-refractivity contribution in [2.75, 3.05) is 36.5 Å². The third-order valence-corrected chi connectivity index (χ3v) is 6.19. The van der Waals surface area contributed by atoms with E-state index in [1.807, 2.05) is 6.07 Å². The fourth-order valence-corrected chi connectivity index (χ4v) is 4.45. The molecule has 186 valence electrons. The minimum Gasteiger partial charge on any atom is -0.378 e. The van der Waals surface area contributed by atoms with Gasteiger partial charge in [-0.2, -0.15) is 18.4 Å². The summed E-state index contributed by atoms with van der Waals surface area (Å²) in [6.07, 6.45) is -1.96. The van der Waals surface area contributed by atoms with Crippen LogP contribution in [0.25, 0.3) is 0 Å². The minimum atomic E-state index is -4.63. The Morgan fingerprint density at radius 2 is 1.86 bits per heavy atom. The number of hydrogen-bond acceptors (Lipinski definition) is 6. The average Bonchev–Trinajstić information content (AvgIpc) is 3.08. The summed E-state index contributed by atoms with van der Waals surface area (Å²) in [7, 11) is 0. The van der Waals surface area contributed by atoms with E-state index in [1.165, 1.54) is 10.6 Å². The zero-order chi connectivity index (χ0) is 25.2. The number of halogens is 3. The number of benzene rings is 1. The Balaban J connectivity index is 1.68. The van der Waals surface area contributed by atoms with Crippen LogP contribution < -0.4 is 21.5 Å². The highest BCUT2D eigenvalue weighted by atomic mass is 19.4. The van der Waals surface area contributed by atoms with Gasteiger partial charge in [-0.3, -0.25) is 14.2 Å². The molecule has 2 aromatic rings. The first-order valence-electron chi connectivity index (χ1n) is 11.3. The molecule has 4 rings (SSSR count). The van der Waals surface area contributed by atoms with Gasteiger partial charge in [0.15, 0.2) is 0 Å². The molecule has 0 aliphatic carbocycles. The van der Waals surface area contributed by atoms with Crippen LogP contribution in [-0.4, -0.2) is 41.3 Å². The Morgan fingerprint density at radius 1 is 1.11 bits per heavy atom. The van der Waals surface area contributed by atoms with Crippen LogP contribution in [0.5, 0.6) is 0 Å². The van der Waals surface area contributed by atoms with Gasteiger partial charge in [-0.15, -0.1) is 0 Å². The van der Waals surface area contributed by atoms with Crippen molar-refractivity contribution in [1.82, 2.24) is 9.13 Å². The molecule has 2 aliphatic rings. The van der Waals surface area contributed by atoms with Crippen molar-refractivity contribution in [3.05, 3.63) is 55.9 Å². The number of morpholine rings is 1. The molecule has 12 heteroatoms. The van der Waals surface area contributed by atoms with Gasteiger partial charge in [-0.25, -0.2) is 9.36 Å². The lowest BCUT2D eigenvalue weighted by atomic mass is 10.1. The highest BCUT2D eigenvalue weighted by molar-refractivity contribution is 5.94. The number of rotatable bonds is 4. The molecule has 1 amide bonds. The number of nitriles is 1. The Morgan fingerprint density at radius 3 is 2.54 bits per heavy atom. The number of carbonyl (C=O) groups is 1. The molecule has 0 unspecified atom stereocenters. The van der Waals surface area contributed by atoms with Gasteiger partial charge >= 0.3 is 11.9 Å². The summed E-state index contributed by atoms with van der Waals surface area (Å²) in [5, 5.41) is 12.0. The maximum Gasteiger partial charge on any atom is 0.416 e. The highest BCUT2D eigenvalue weighted by Gasteiger charge is 2.32. The van der Waals surface area contributed by atoms with E-state index >= 15 is 0 Å². The van der Waals surface area contributed by atoms with Gasteiger partial charge in [-0.05, 0) is 37.5 Å². The molecule has 2 aliphatic heterocycles. The van der Waals surface area contributed by atoms with Gasteiger partial charge in [-0.1, -0.05) is 6.42 Å². The smallest absolute Gasteiger partial charge is 0.378 e. The zero-order valence-electron chi connectivity index (χ0n) is 18.9. The summed E-state index contributed by atoms with van der Waals surface area (Å²) in [5.74, 6) is -0.851. The third-order valence-electron chi connectivity index (χ3n) is 6.19. The van der Waals surface area contributed by atoms with Gasteiger partial charge in [0.25, 0.3) is 5.56 Å². The monoisotopic (exact) mass is 491 g/mol. The number of ether oxygens (including phenoxy) is 1. The molecule has 0 radical (unpaired) electrons. The van der Waals surface area contributed by atoms with Crippen LogP contribution in [0.4, 0.5) is 24.5 Å². The van der Waals surface area contributed by atoms with Crippen molar-refractivity contribution < 1.29 is 22.7 Å². The number of alkyl halides is 3. The van der Waals surface area contributed by atoms with Crippen molar-refractivity contribution in [2.24, 2.45) is 0 Å². The molecule has 1 aromatic heterocycles. The molecule has 0 bridgehead atoms. The van der Waals surface area contributed by atoms with Crippen LogP contribution >= 0.6 is 0 Å². The summed E-state index contributed by atoms with van der Waals surface area (Å²) < 4.78 is 47.3. The number of hydrogen-bond donors (Lipinski definition) is 1. The van der Waals surface area contributed by atoms with Crippen LogP contribution in [-0.2, 0) is 35.2 Å². The van der Waals surface area contributed by atoms with Crippen molar-refractivity contribution in [3.63, 3.8) is 0 Å². The van der Waals surface area contributed by atoms with E-state index < -0.39 is 35.4 Å². The van der Waals surface area contributed by atoms with Crippen LogP contribution in [0.3, 0.4) is 0 Å². The summed E-state index contributed by atoms with van der Waals surface area (Å²) in [6, 6.07) is 4.89. The predicted molar refractivity (Wildman–Crippen MR) is 120 cm³/mol. The largest absolute Gasteiger partial charge is 0.416 e. The Labute approximate surface area is 198 Å². The van der Waals surface area contributed by atoms with Gasteiger partial charge in [0.1, 0.15) is 18.2 Å². The zero-order valence-corrected chi connectivity index (χ0v) is 18.9. The number of anilines is 2. The average molecular weight is 491 g/mol. The van der Waals surface area contributed by atoms with Gasteiger partial charge < -0.3 is 15.0 Å². The molecular formula is C23H24F3N5O4. The second-order valence-electron chi connectivity index (χ2n) is 8.45. The van der Waals surface area contributed by atoms with Crippen LogP contribution in [0.1, 0.15) is 36.1 Å².